The molecule has 0 aliphatic heterocycles. The molecule has 4 heteroatoms. The number of pyridine rings is 1. The van der Waals surface area contributed by atoms with Gasteiger partial charge in [0.15, 0.2) is 0 Å². The van der Waals surface area contributed by atoms with Gasteiger partial charge < -0.3 is 4.74 Å². The Kier molecular flexibility index (Phi) is 2.13. The van der Waals surface area contributed by atoms with Crippen LogP contribution in [0.15, 0.2) is 35.3 Å². The van der Waals surface area contributed by atoms with Crippen molar-refractivity contribution in [3.8, 4) is 5.88 Å². The highest BCUT2D eigenvalue weighted by Crippen LogP contribution is 2.29. The summed E-state index contributed by atoms with van der Waals surface area (Å²) in [5, 5.41) is 0. The van der Waals surface area contributed by atoms with Gasteiger partial charge in [-0.15, -0.1) is 0 Å². The fourth-order valence-electron chi connectivity index (χ4n) is 1.59. The molecule has 0 aromatic carbocycles. The van der Waals surface area contributed by atoms with E-state index in [2.05, 4.69) is 4.98 Å². The lowest BCUT2D eigenvalue weighted by atomic mass is 10.4. The van der Waals surface area contributed by atoms with Crippen LogP contribution in [0.5, 0.6) is 5.88 Å². The summed E-state index contributed by atoms with van der Waals surface area (Å²) >= 11 is 0. The van der Waals surface area contributed by atoms with Crippen LogP contribution < -0.4 is 10.3 Å². The van der Waals surface area contributed by atoms with Crippen LogP contribution in [-0.4, -0.2) is 16.0 Å². The molecule has 0 amide bonds. The van der Waals surface area contributed by atoms with Crippen LogP contribution in [0.4, 0.5) is 0 Å². The molecule has 16 heavy (non-hydrogen) atoms. The van der Waals surface area contributed by atoms with Gasteiger partial charge in [-0.3, -0.25) is 9.20 Å². The first-order valence-electron chi connectivity index (χ1n) is 5.44. The van der Waals surface area contributed by atoms with Crippen LogP contribution in [0.3, 0.4) is 0 Å². The first-order valence-corrected chi connectivity index (χ1v) is 5.44. The van der Waals surface area contributed by atoms with E-state index in [1.807, 2.05) is 6.07 Å². The van der Waals surface area contributed by atoms with Crippen LogP contribution in [0.25, 0.3) is 5.65 Å². The average molecular weight is 216 g/mol. The summed E-state index contributed by atoms with van der Waals surface area (Å²) in [6, 6.07) is 6.90. The van der Waals surface area contributed by atoms with E-state index in [0.29, 0.717) is 24.1 Å². The third kappa shape index (κ3) is 1.78. The van der Waals surface area contributed by atoms with Gasteiger partial charge in [-0.1, -0.05) is 6.07 Å². The maximum absolute atomic E-state index is 11.7. The highest BCUT2D eigenvalue weighted by molar-refractivity contribution is 5.39. The number of fused-ring (bicyclic) bond motifs is 1. The highest BCUT2D eigenvalue weighted by atomic mass is 16.5. The quantitative estimate of drug-likeness (QED) is 0.780. The van der Waals surface area contributed by atoms with E-state index < -0.39 is 0 Å². The van der Waals surface area contributed by atoms with Crippen molar-refractivity contribution in [3.63, 3.8) is 0 Å². The number of ether oxygens (including phenoxy) is 1. The molecule has 4 nitrogen and oxygen atoms in total. The molecule has 1 aliphatic carbocycles. The molecule has 1 fully saturated rings. The average Bonchev–Trinajstić information content (AvgIpc) is 3.10. The standard InChI is InChI=1S/C12H12N2O2/c15-12-7-11(16-8-9-4-5-9)13-10-3-1-2-6-14(10)12/h1-3,6-7,9H,4-5,8H2. The molecular weight excluding hydrogens is 204 g/mol. The van der Waals surface area contributed by atoms with Crippen LogP contribution in [0, 0.1) is 5.92 Å². The number of rotatable bonds is 3. The van der Waals surface area contributed by atoms with Gasteiger partial charge in [0.25, 0.3) is 5.56 Å². The van der Waals surface area contributed by atoms with Gasteiger partial charge in [-0.2, -0.15) is 4.98 Å². The van der Waals surface area contributed by atoms with Crippen molar-refractivity contribution in [2.24, 2.45) is 5.92 Å². The number of nitrogens with zero attached hydrogens (tertiary/aromatic N) is 2. The van der Waals surface area contributed by atoms with Crippen molar-refractivity contribution in [2.45, 2.75) is 12.8 Å². The van der Waals surface area contributed by atoms with Gasteiger partial charge in [0.2, 0.25) is 5.88 Å². The second kappa shape index (κ2) is 3.63. The number of hydrogen-bond acceptors (Lipinski definition) is 3. The molecule has 0 spiro atoms. The third-order valence-corrected chi connectivity index (χ3v) is 2.71. The van der Waals surface area contributed by atoms with Gasteiger partial charge in [-0.05, 0) is 30.9 Å². The molecule has 0 saturated heterocycles. The second-order valence-corrected chi connectivity index (χ2v) is 4.12. The summed E-state index contributed by atoms with van der Waals surface area (Å²) < 4.78 is 7.00. The molecule has 0 unspecified atom stereocenters. The van der Waals surface area contributed by atoms with Gasteiger partial charge >= 0.3 is 0 Å². The fraction of sp³-hybridized carbons (Fsp3) is 0.333. The minimum Gasteiger partial charge on any atom is -0.477 e. The van der Waals surface area contributed by atoms with Gasteiger partial charge in [-0.25, -0.2) is 0 Å². The van der Waals surface area contributed by atoms with Crippen molar-refractivity contribution in [1.82, 2.24) is 9.38 Å². The Morgan fingerprint density at radius 2 is 2.31 bits per heavy atom. The van der Waals surface area contributed by atoms with Crippen LogP contribution in [-0.2, 0) is 0 Å². The summed E-state index contributed by atoms with van der Waals surface area (Å²) in [4.78, 5) is 16.0. The highest BCUT2D eigenvalue weighted by Gasteiger charge is 2.22. The van der Waals surface area contributed by atoms with Crippen LogP contribution in [0.1, 0.15) is 12.8 Å². The second-order valence-electron chi connectivity index (χ2n) is 4.12. The predicted molar refractivity (Wildman–Crippen MR) is 59.7 cm³/mol. The van der Waals surface area contributed by atoms with E-state index in [4.69, 9.17) is 4.74 Å². The minimum absolute atomic E-state index is 0.101. The molecule has 82 valence electrons. The molecule has 0 N–H and O–H groups in total. The zero-order valence-corrected chi connectivity index (χ0v) is 8.80. The molecule has 2 heterocycles. The lowest BCUT2D eigenvalue weighted by Gasteiger charge is -2.05. The van der Waals surface area contributed by atoms with E-state index in [9.17, 15) is 4.79 Å². The van der Waals surface area contributed by atoms with Crippen LogP contribution >= 0.6 is 0 Å². The SMILES string of the molecule is O=c1cc(OCC2CC2)nc2ccccn12. The van der Waals surface area contributed by atoms with Crippen molar-refractivity contribution in [3.05, 3.63) is 40.8 Å². The molecule has 2 aromatic rings. The summed E-state index contributed by atoms with van der Waals surface area (Å²) in [5.74, 6) is 1.10. The summed E-state index contributed by atoms with van der Waals surface area (Å²) in [6.45, 7) is 0.676. The summed E-state index contributed by atoms with van der Waals surface area (Å²) in [6.07, 6.45) is 4.16. The van der Waals surface area contributed by atoms with Gasteiger partial charge in [0.05, 0.1) is 12.7 Å². The zero-order chi connectivity index (χ0) is 11.0. The Labute approximate surface area is 92.5 Å². The summed E-state index contributed by atoms with van der Waals surface area (Å²) in [7, 11) is 0. The molecule has 1 saturated carbocycles. The third-order valence-electron chi connectivity index (χ3n) is 2.71. The number of hydrogen-bond donors (Lipinski definition) is 0. The molecule has 1 aliphatic rings. The topological polar surface area (TPSA) is 43.6 Å². The smallest absolute Gasteiger partial charge is 0.261 e. The van der Waals surface area contributed by atoms with Crippen molar-refractivity contribution in [1.29, 1.82) is 0 Å². The van der Waals surface area contributed by atoms with Crippen molar-refractivity contribution in [2.75, 3.05) is 6.61 Å². The molecule has 3 rings (SSSR count). The molecule has 0 bridgehead atoms. The Balaban J connectivity index is 1.96. The molecule has 2 aromatic heterocycles. The van der Waals surface area contributed by atoms with Crippen molar-refractivity contribution >= 4 is 5.65 Å². The largest absolute Gasteiger partial charge is 0.477 e. The van der Waals surface area contributed by atoms with Gasteiger partial charge in [0, 0.05) is 6.20 Å². The Morgan fingerprint density at radius 1 is 1.44 bits per heavy atom. The molecule has 0 radical (unpaired) electrons. The minimum atomic E-state index is -0.101. The normalized spacial score (nSPS) is 15.2. The first-order chi connectivity index (χ1) is 7.83. The molecular formula is C12H12N2O2. The first kappa shape index (κ1) is 9.39. The van der Waals surface area contributed by atoms with Crippen molar-refractivity contribution < 1.29 is 4.74 Å². The predicted octanol–water partition coefficient (Wildman–Crippen LogP) is 1.48. The van der Waals surface area contributed by atoms with E-state index in [1.54, 1.807) is 18.3 Å². The fourth-order valence-corrected chi connectivity index (χ4v) is 1.59. The lowest BCUT2D eigenvalue weighted by molar-refractivity contribution is 0.288. The molecule has 0 atom stereocenters. The van der Waals surface area contributed by atoms with E-state index in [-0.39, 0.29) is 5.56 Å². The Hall–Kier alpha value is -1.84. The van der Waals surface area contributed by atoms with E-state index in [0.717, 1.165) is 0 Å². The van der Waals surface area contributed by atoms with E-state index in [1.165, 1.54) is 23.3 Å². The van der Waals surface area contributed by atoms with Gasteiger partial charge in [0.1, 0.15) is 5.65 Å². The lowest BCUT2D eigenvalue weighted by Crippen LogP contribution is -2.14. The van der Waals surface area contributed by atoms with E-state index >= 15 is 0 Å². The zero-order valence-electron chi connectivity index (χ0n) is 8.80. The maximum Gasteiger partial charge on any atom is 0.261 e. The Bertz CT molecular complexity index is 572. The van der Waals surface area contributed by atoms with Crippen LogP contribution in [0.2, 0.25) is 0 Å². The monoisotopic (exact) mass is 216 g/mol. The number of aromatic nitrogens is 2. The maximum atomic E-state index is 11.7. The Morgan fingerprint density at radius 3 is 3.12 bits per heavy atom. The summed E-state index contributed by atoms with van der Waals surface area (Å²) in [5.41, 5.74) is 0.525.